The third-order valence-corrected chi connectivity index (χ3v) is 9.34. The number of hydrogen-bond donors (Lipinski definition) is 4. The van der Waals surface area contributed by atoms with Gasteiger partial charge in [-0.3, -0.25) is 29.0 Å². The highest BCUT2D eigenvalue weighted by atomic mass is 16.3. The van der Waals surface area contributed by atoms with Crippen molar-refractivity contribution in [2.75, 3.05) is 39.3 Å². The largest absolute Gasteiger partial charge is 0.508 e. The summed E-state index contributed by atoms with van der Waals surface area (Å²) in [6, 6.07) is 24.7. The molecule has 0 saturated carbocycles. The number of imide groups is 2. The van der Waals surface area contributed by atoms with Crippen LogP contribution in [0, 0.1) is 0 Å². The Kier molecular flexibility index (Phi) is 7.05. The lowest BCUT2D eigenvalue weighted by Gasteiger charge is -2.16. The highest BCUT2D eigenvalue weighted by Gasteiger charge is 2.38. The molecule has 0 fully saturated rings. The summed E-state index contributed by atoms with van der Waals surface area (Å²) in [7, 11) is 0. The molecular formula is C38H30N4O6. The van der Waals surface area contributed by atoms with E-state index in [2.05, 4.69) is 10.6 Å². The first-order chi connectivity index (χ1) is 23.3. The van der Waals surface area contributed by atoms with Crippen LogP contribution in [0.4, 0.5) is 0 Å². The summed E-state index contributed by atoms with van der Waals surface area (Å²) in [5.74, 6) is -1.20. The lowest BCUT2D eigenvalue weighted by atomic mass is 9.95. The number of hydrogen-bond acceptors (Lipinski definition) is 8. The van der Waals surface area contributed by atoms with Crippen LogP contribution < -0.4 is 10.6 Å². The summed E-state index contributed by atoms with van der Waals surface area (Å²) < 4.78 is 0. The van der Waals surface area contributed by atoms with Gasteiger partial charge in [-0.05, 0) is 68.7 Å². The number of nitrogens with one attached hydrogen (secondary N) is 2. The zero-order chi connectivity index (χ0) is 33.1. The molecule has 2 aliphatic rings. The first-order valence-corrected chi connectivity index (χ1v) is 15.8. The SMILES string of the molecule is O=C1c2ccc3ccc4ccc(O)cc4c3c2C(=O)N1CCNCCNCCN1C(=O)c2ccc3ccc4ccc(O)cc4c3c2C1=O. The molecule has 6 aromatic carbocycles. The number of benzene rings is 6. The van der Waals surface area contributed by atoms with Gasteiger partial charge in [0.25, 0.3) is 23.6 Å². The van der Waals surface area contributed by atoms with Gasteiger partial charge in [-0.15, -0.1) is 0 Å². The van der Waals surface area contributed by atoms with Crippen molar-refractivity contribution in [3.63, 3.8) is 0 Å². The molecule has 8 rings (SSSR count). The van der Waals surface area contributed by atoms with E-state index < -0.39 is 0 Å². The van der Waals surface area contributed by atoms with Gasteiger partial charge in [0.1, 0.15) is 11.5 Å². The number of phenols is 2. The van der Waals surface area contributed by atoms with Gasteiger partial charge in [0.05, 0.1) is 22.3 Å². The van der Waals surface area contributed by atoms with Crippen LogP contribution in [0.1, 0.15) is 41.4 Å². The van der Waals surface area contributed by atoms with E-state index in [9.17, 15) is 29.4 Å². The average molecular weight is 639 g/mol. The quantitative estimate of drug-likeness (QED) is 0.101. The lowest BCUT2D eigenvalue weighted by Crippen LogP contribution is -2.40. The van der Waals surface area contributed by atoms with E-state index in [4.69, 9.17) is 0 Å². The van der Waals surface area contributed by atoms with E-state index in [0.29, 0.717) is 59.2 Å². The summed E-state index contributed by atoms with van der Waals surface area (Å²) in [6.07, 6.45) is 0. The smallest absolute Gasteiger partial charge is 0.262 e. The van der Waals surface area contributed by atoms with Crippen LogP contribution in [0.15, 0.2) is 84.9 Å². The second-order valence-electron chi connectivity index (χ2n) is 12.1. The van der Waals surface area contributed by atoms with Crippen molar-refractivity contribution in [3.8, 4) is 11.5 Å². The lowest BCUT2D eigenvalue weighted by molar-refractivity contribution is 0.0639. The number of carbonyl (C=O) groups is 4. The fourth-order valence-corrected chi connectivity index (χ4v) is 7.03. The fraction of sp³-hybridized carbons (Fsp3) is 0.158. The van der Waals surface area contributed by atoms with E-state index in [0.717, 1.165) is 32.3 Å². The van der Waals surface area contributed by atoms with Crippen molar-refractivity contribution in [2.24, 2.45) is 0 Å². The number of aromatic hydroxyl groups is 2. The standard InChI is InChI=1S/C38H30N4O6/c43-25-9-5-21-1-3-23-7-11-27-33(31(23)29(21)19-25)37(47)41(35(27)45)17-15-39-13-14-40-16-18-42-36(46)28-12-8-24-4-2-22-6-10-26(44)20-30(22)32(24)34(28)38(42)48/h1-12,19-20,39-40,43-44H,13-18H2. The first-order valence-electron chi connectivity index (χ1n) is 15.8. The molecule has 0 spiro atoms. The van der Waals surface area contributed by atoms with Gasteiger partial charge in [-0.1, -0.05) is 48.5 Å². The number of phenolic OH excluding ortho intramolecular Hbond substituents is 2. The molecule has 10 nitrogen and oxygen atoms in total. The van der Waals surface area contributed by atoms with Crippen LogP contribution in [0.2, 0.25) is 0 Å². The monoisotopic (exact) mass is 638 g/mol. The Bertz CT molecular complexity index is 2220. The number of amides is 4. The summed E-state index contributed by atoms with van der Waals surface area (Å²) in [6.45, 7) is 2.25. The molecule has 0 radical (unpaired) electrons. The number of fused-ring (bicyclic) bond motifs is 10. The van der Waals surface area contributed by atoms with Crippen molar-refractivity contribution in [1.82, 2.24) is 20.4 Å². The molecule has 2 heterocycles. The maximum atomic E-state index is 13.5. The van der Waals surface area contributed by atoms with Gasteiger partial charge in [0.15, 0.2) is 0 Å². The van der Waals surface area contributed by atoms with Crippen molar-refractivity contribution in [3.05, 3.63) is 107 Å². The summed E-state index contributed by atoms with van der Waals surface area (Å²) in [5.41, 5.74) is 1.45. The Morgan fingerprint density at radius 2 is 0.833 bits per heavy atom. The van der Waals surface area contributed by atoms with Gasteiger partial charge in [0, 0.05) is 50.0 Å². The second-order valence-corrected chi connectivity index (χ2v) is 12.1. The van der Waals surface area contributed by atoms with E-state index in [1.54, 1.807) is 48.5 Å². The van der Waals surface area contributed by atoms with Crippen LogP contribution in [-0.2, 0) is 0 Å². The van der Waals surface area contributed by atoms with Crippen molar-refractivity contribution < 1.29 is 29.4 Å². The molecule has 238 valence electrons. The van der Waals surface area contributed by atoms with Crippen molar-refractivity contribution >= 4 is 66.7 Å². The average Bonchev–Trinajstić information content (AvgIpc) is 3.48. The number of rotatable bonds is 9. The van der Waals surface area contributed by atoms with Gasteiger partial charge in [-0.2, -0.15) is 0 Å². The first kappa shape index (κ1) is 29.6. The van der Waals surface area contributed by atoms with Crippen LogP contribution in [0.5, 0.6) is 11.5 Å². The minimum atomic E-state index is -0.352. The van der Waals surface area contributed by atoms with Crippen LogP contribution in [0.25, 0.3) is 43.1 Å². The Labute approximate surface area is 274 Å². The van der Waals surface area contributed by atoms with E-state index in [1.165, 1.54) is 9.80 Å². The predicted molar refractivity (Wildman–Crippen MR) is 183 cm³/mol. The molecule has 0 saturated heterocycles. The fourth-order valence-electron chi connectivity index (χ4n) is 7.03. The molecule has 0 aromatic heterocycles. The van der Waals surface area contributed by atoms with E-state index in [-0.39, 0.29) is 48.2 Å². The van der Waals surface area contributed by atoms with Crippen LogP contribution >= 0.6 is 0 Å². The zero-order valence-corrected chi connectivity index (χ0v) is 25.7. The molecule has 10 heteroatoms. The Hall–Kier alpha value is -5.84. The van der Waals surface area contributed by atoms with E-state index in [1.807, 2.05) is 36.4 Å². The second kappa shape index (κ2) is 11.4. The molecule has 0 aliphatic carbocycles. The highest BCUT2D eigenvalue weighted by Crippen LogP contribution is 2.37. The van der Waals surface area contributed by atoms with Gasteiger partial charge < -0.3 is 20.8 Å². The normalized spacial score (nSPS) is 14.3. The minimum absolute atomic E-state index is 0.0898. The maximum absolute atomic E-state index is 13.5. The molecular weight excluding hydrogens is 608 g/mol. The topological polar surface area (TPSA) is 139 Å². The highest BCUT2D eigenvalue weighted by molar-refractivity contribution is 6.31. The Balaban J connectivity index is 0.864. The van der Waals surface area contributed by atoms with Gasteiger partial charge in [-0.25, -0.2) is 0 Å². The van der Waals surface area contributed by atoms with Crippen LogP contribution in [-0.4, -0.2) is 82.9 Å². The minimum Gasteiger partial charge on any atom is -0.508 e. The third-order valence-electron chi connectivity index (χ3n) is 9.34. The van der Waals surface area contributed by atoms with Crippen LogP contribution in [0.3, 0.4) is 0 Å². The summed E-state index contributed by atoms with van der Waals surface area (Å²) in [4.78, 5) is 55.9. The molecule has 6 aromatic rings. The predicted octanol–water partition coefficient (Wildman–Crippen LogP) is 4.78. The molecule has 4 amide bonds. The third kappa shape index (κ3) is 4.64. The Morgan fingerprint density at radius 1 is 0.458 bits per heavy atom. The molecule has 0 bridgehead atoms. The molecule has 2 aliphatic heterocycles. The number of nitrogens with zero attached hydrogens (tertiary/aromatic N) is 2. The zero-order valence-electron chi connectivity index (χ0n) is 25.7. The molecule has 48 heavy (non-hydrogen) atoms. The van der Waals surface area contributed by atoms with Gasteiger partial charge >= 0.3 is 0 Å². The molecule has 0 atom stereocenters. The summed E-state index contributed by atoms with van der Waals surface area (Å²) in [5, 5.41) is 32.9. The molecule has 0 unspecified atom stereocenters. The van der Waals surface area contributed by atoms with Crippen molar-refractivity contribution in [1.29, 1.82) is 0 Å². The van der Waals surface area contributed by atoms with Crippen molar-refractivity contribution in [2.45, 2.75) is 0 Å². The maximum Gasteiger partial charge on any atom is 0.262 e. The molecule has 4 N–H and O–H groups in total. The Morgan fingerprint density at radius 3 is 1.27 bits per heavy atom. The summed E-state index contributed by atoms with van der Waals surface area (Å²) >= 11 is 0. The van der Waals surface area contributed by atoms with Gasteiger partial charge in [0.2, 0.25) is 0 Å². The van der Waals surface area contributed by atoms with E-state index >= 15 is 0 Å². The number of carbonyl (C=O) groups excluding carboxylic acids is 4.